The van der Waals surface area contributed by atoms with Crippen LogP contribution in [-0.4, -0.2) is 14.5 Å². The first kappa shape index (κ1) is 20.2. The number of benzene rings is 3. The third kappa shape index (κ3) is 3.50. The molecule has 3 heterocycles. The fourth-order valence-electron chi connectivity index (χ4n) is 4.41. The Labute approximate surface area is 198 Å². The Morgan fingerprint density at radius 1 is 0.676 bits per heavy atom. The summed E-state index contributed by atoms with van der Waals surface area (Å²) in [6.07, 6.45) is 1.73. The van der Waals surface area contributed by atoms with E-state index in [9.17, 15) is 0 Å². The lowest BCUT2D eigenvalue weighted by Crippen LogP contribution is -1.99. The van der Waals surface area contributed by atoms with Crippen molar-refractivity contribution in [3.05, 3.63) is 115 Å². The van der Waals surface area contributed by atoms with E-state index in [1.54, 1.807) is 6.20 Å². The lowest BCUT2D eigenvalue weighted by molar-refractivity contribution is 0.463. The van der Waals surface area contributed by atoms with Crippen LogP contribution in [0, 0.1) is 13.8 Å². The molecule has 0 aliphatic carbocycles. The Hall–Kier alpha value is -4.44. The van der Waals surface area contributed by atoms with Crippen molar-refractivity contribution >= 4 is 21.8 Å². The highest BCUT2D eigenvalue weighted by Crippen LogP contribution is 2.35. The molecule has 3 aromatic heterocycles. The number of rotatable bonds is 4. The first-order valence-electron chi connectivity index (χ1n) is 11.3. The van der Waals surface area contributed by atoms with E-state index in [1.807, 2.05) is 30.3 Å². The molecule has 34 heavy (non-hydrogen) atoms. The van der Waals surface area contributed by atoms with Crippen molar-refractivity contribution in [1.29, 1.82) is 0 Å². The highest BCUT2D eigenvalue weighted by molar-refractivity contribution is 6.10. The minimum atomic E-state index is 0.580. The van der Waals surface area contributed by atoms with Crippen LogP contribution in [0.2, 0.25) is 0 Å². The van der Waals surface area contributed by atoms with E-state index in [0.717, 1.165) is 39.4 Å². The van der Waals surface area contributed by atoms with Crippen molar-refractivity contribution in [3.63, 3.8) is 0 Å². The summed E-state index contributed by atoms with van der Waals surface area (Å²) in [5.41, 5.74) is 6.71. The van der Waals surface area contributed by atoms with E-state index < -0.39 is 0 Å². The van der Waals surface area contributed by atoms with Gasteiger partial charge >= 0.3 is 0 Å². The molecule has 0 radical (unpaired) electrons. The minimum absolute atomic E-state index is 0.580. The monoisotopic (exact) mass is 441 g/mol. The standard InChI is InChI=1S/C30H23N3O/c1-20-13-16-29(32-21(20)2)33-27-11-4-3-10-25(27)26-15-14-23(19-28(26)33)22-8-7-9-24(18-22)34-30-12-5-6-17-31-30/h3-19H,1-2H3. The quantitative estimate of drug-likeness (QED) is 0.282. The van der Waals surface area contributed by atoms with Gasteiger partial charge in [-0.05, 0) is 66.9 Å². The van der Waals surface area contributed by atoms with Crippen molar-refractivity contribution in [2.24, 2.45) is 0 Å². The van der Waals surface area contributed by atoms with E-state index in [0.29, 0.717) is 5.88 Å². The van der Waals surface area contributed by atoms with Gasteiger partial charge < -0.3 is 4.74 Å². The molecule has 6 rings (SSSR count). The molecule has 0 fully saturated rings. The molecule has 0 aliphatic rings. The van der Waals surface area contributed by atoms with E-state index in [4.69, 9.17) is 9.72 Å². The molecule has 0 aliphatic heterocycles. The van der Waals surface area contributed by atoms with Crippen LogP contribution in [0.3, 0.4) is 0 Å². The fraction of sp³-hybridized carbons (Fsp3) is 0.0667. The van der Waals surface area contributed by atoms with Gasteiger partial charge in [0.05, 0.1) is 11.0 Å². The normalized spacial score (nSPS) is 11.2. The largest absolute Gasteiger partial charge is 0.439 e. The number of pyridine rings is 2. The van der Waals surface area contributed by atoms with Gasteiger partial charge in [0, 0.05) is 28.7 Å². The number of hydrogen-bond acceptors (Lipinski definition) is 3. The number of aryl methyl sites for hydroxylation is 2. The molecule has 164 valence electrons. The lowest BCUT2D eigenvalue weighted by Gasteiger charge is -2.10. The van der Waals surface area contributed by atoms with Crippen molar-refractivity contribution < 1.29 is 4.74 Å². The Kier molecular flexibility index (Phi) is 4.84. The second-order valence-corrected chi connectivity index (χ2v) is 8.45. The van der Waals surface area contributed by atoms with Gasteiger partial charge in [0.15, 0.2) is 0 Å². The van der Waals surface area contributed by atoms with Gasteiger partial charge in [-0.3, -0.25) is 4.57 Å². The van der Waals surface area contributed by atoms with Crippen LogP contribution in [0.5, 0.6) is 11.6 Å². The van der Waals surface area contributed by atoms with Crippen LogP contribution >= 0.6 is 0 Å². The van der Waals surface area contributed by atoms with Crippen LogP contribution in [0.4, 0.5) is 0 Å². The number of ether oxygens (including phenoxy) is 1. The summed E-state index contributed by atoms with van der Waals surface area (Å²) in [5.74, 6) is 2.27. The number of para-hydroxylation sites is 1. The molecule has 3 aromatic carbocycles. The zero-order valence-corrected chi connectivity index (χ0v) is 19.1. The maximum absolute atomic E-state index is 5.97. The Bertz CT molecular complexity index is 1650. The number of fused-ring (bicyclic) bond motifs is 3. The molecular formula is C30H23N3O. The second-order valence-electron chi connectivity index (χ2n) is 8.45. The van der Waals surface area contributed by atoms with Crippen LogP contribution in [0.15, 0.2) is 103 Å². The SMILES string of the molecule is Cc1ccc(-n2c3ccccc3c3ccc(-c4cccc(Oc5ccccn5)c4)cc32)nc1C. The third-order valence-electron chi connectivity index (χ3n) is 6.27. The molecule has 0 spiro atoms. The van der Waals surface area contributed by atoms with Crippen molar-refractivity contribution in [2.75, 3.05) is 0 Å². The smallest absolute Gasteiger partial charge is 0.219 e. The van der Waals surface area contributed by atoms with Gasteiger partial charge in [0.2, 0.25) is 5.88 Å². The molecule has 0 unspecified atom stereocenters. The van der Waals surface area contributed by atoms with Gasteiger partial charge in [-0.15, -0.1) is 0 Å². The topological polar surface area (TPSA) is 39.9 Å². The van der Waals surface area contributed by atoms with Crippen LogP contribution < -0.4 is 4.74 Å². The summed E-state index contributed by atoms with van der Waals surface area (Å²) in [4.78, 5) is 9.18. The molecule has 4 nitrogen and oxygen atoms in total. The van der Waals surface area contributed by atoms with Crippen LogP contribution in [-0.2, 0) is 0 Å². The molecular weight excluding hydrogens is 418 g/mol. The highest BCUT2D eigenvalue weighted by Gasteiger charge is 2.14. The van der Waals surface area contributed by atoms with Gasteiger partial charge in [-0.25, -0.2) is 9.97 Å². The van der Waals surface area contributed by atoms with Gasteiger partial charge in [-0.2, -0.15) is 0 Å². The van der Waals surface area contributed by atoms with Crippen LogP contribution in [0.25, 0.3) is 38.8 Å². The first-order valence-corrected chi connectivity index (χ1v) is 11.3. The lowest BCUT2D eigenvalue weighted by atomic mass is 10.0. The fourth-order valence-corrected chi connectivity index (χ4v) is 4.41. The van der Waals surface area contributed by atoms with Gasteiger partial charge in [0.25, 0.3) is 0 Å². The molecule has 0 atom stereocenters. The summed E-state index contributed by atoms with van der Waals surface area (Å²) < 4.78 is 8.23. The molecule has 0 saturated heterocycles. The van der Waals surface area contributed by atoms with Gasteiger partial charge in [-0.1, -0.05) is 54.6 Å². The summed E-state index contributed by atoms with van der Waals surface area (Å²) in [7, 11) is 0. The Morgan fingerprint density at radius 2 is 1.50 bits per heavy atom. The highest BCUT2D eigenvalue weighted by atomic mass is 16.5. The first-order chi connectivity index (χ1) is 16.7. The van der Waals surface area contributed by atoms with Gasteiger partial charge in [0.1, 0.15) is 11.6 Å². The summed E-state index contributed by atoms with van der Waals surface area (Å²) in [5, 5.41) is 2.43. The maximum atomic E-state index is 5.97. The molecule has 6 aromatic rings. The average molecular weight is 442 g/mol. The van der Waals surface area contributed by atoms with E-state index in [-0.39, 0.29) is 0 Å². The summed E-state index contributed by atoms with van der Waals surface area (Å²) in [6, 6.07) is 33.1. The Morgan fingerprint density at radius 3 is 2.35 bits per heavy atom. The molecule has 4 heteroatoms. The third-order valence-corrected chi connectivity index (χ3v) is 6.27. The zero-order valence-electron chi connectivity index (χ0n) is 19.1. The molecule has 0 bridgehead atoms. The number of nitrogens with zero attached hydrogens (tertiary/aromatic N) is 3. The van der Waals surface area contributed by atoms with Crippen molar-refractivity contribution in [1.82, 2.24) is 14.5 Å². The maximum Gasteiger partial charge on any atom is 0.219 e. The van der Waals surface area contributed by atoms with Crippen molar-refractivity contribution in [3.8, 4) is 28.6 Å². The second kappa shape index (κ2) is 8.16. The van der Waals surface area contributed by atoms with E-state index in [2.05, 4.69) is 90.1 Å². The Balaban J connectivity index is 1.51. The van der Waals surface area contributed by atoms with Crippen molar-refractivity contribution in [2.45, 2.75) is 13.8 Å². The predicted octanol–water partition coefficient (Wildman–Crippen LogP) is 7.65. The summed E-state index contributed by atoms with van der Waals surface area (Å²) in [6.45, 7) is 4.15. The molecule has 0 amide bonds. The number of aromatic nitrogens is 3. The van der Waals surface area contributed by atoms with E-state index in [1.165, 1.54) is 16.3 Å². The van der Waals surface area contributed by atoms with E-state index >= 15 is 0 Å². The average Bonchev–Trinajstić information content (AvgIpc) is 3.20. The minimum Gasteiger partial charge on any atom is -0.439 e. The molecule has 0 N–H and O–H groups in total. The predicted molar refractivity (Wildman–Crippen MR) is 138 cm³/mol. The molecule has 0 saturated carbocycles. The zero-order chi connectivity index (χ0) is 23.1. The van der Waals surface area contributed by atoms with Crippen LogP contribution in [0.1, 0.15) is 11.3 Å². The summed E-state index contributed by atoms with van der Waals surface area (Å²) >= 11 is 0. The number of hydrogen-bond donors (Lipinski definition) is 0.